The Morgan fingerprint density at radius 3 is 1.97 bits per heavy atom. The summed E-state index contributed by atoms with van der Waals surface area (Å²) in [6, 6.07) is 8.32. The van der Waals surface area contributed by atoms with Crippen molar-refractivity contribution >= 4 is 23.8 Å². The van der Waals surface area contributed by atoms with Gasteiger partial charge < -0.3 is 29.7 Å². The monoisotopic (exact) mass is 411 g/mol. The number of carboxylic acid groups (broad SMARTS) is 2. The predicted molar refractivity (Wildman–Crippen MR) is 98.9 cm³/mol. The van der Waals surface area contributed by atoms with E-state index in [4.69, 9.17) is 24.4 Å². The molecule has 1 aromatic carbocycles. The molecule has 0 saturated carbocycles. The molecule has 0 aliphatic rings. The molecule has 1 amide bonds. The van der Waals surface area contributed by atoms with Gasteiger partial charge in [0.15, 0.2) is 0 Å². The fourth-order valence-corrected chi connectivity index (χ4v) is 2.10. The largest absolute Gasteiger partial charge is 0.481 e. The van der Waals surface area contributed by atoms with Gasteiger partial charge in [0.2, 0.25) is 5.91 Å². The highest BCUT2D eigenvalue weighted by atomic mass is 16.5. The molecule has 1 rings (SSSR count). The maximum Gasteiger partial charge on any atom is 0.315 e. The molecule has 0 aromatic heterocycles. The third-order valence-electron chi connectivity index (χ3n) is 3.47. The Balaban J connectivity index is 2.40. The Bertz CT molecular complexity index is 641. The molecule has 0 bridgehead atoms. The van der Waals surface area contributed by atoms with Gasteiger partial charge in [0.05, 0.1) is 45.3 Å². The third kappa shape index (κ3) is 12.9. The second-order valence-corrected chi connectivity index (χ2v) is 6.02. The van der Waals surface area contributed by atoms with Crippen LogP contribution in [0.4, 0.5) is 0 Å². The van der Waals surface area contributed by atoms with Crippen LogP contribution in [0.3, 0.4) is 0 Å². The smallest absolute Gasteiger partial charge is 0.315 e. The van der Waals surface area contributed by atoms with Crippen molar-refractivity contribution in [2.45, 2.75) is 31.9 Å². The third-order valence-corrected chi connectivity index (χ3v) is 3.47. The van der Waals surface area contributed by atoms with E-state index >= 15 is 0 Å². The number of carboxylic acids is 2. The highest BCUT2D eigenvalue weighted by Crippen LogP contribution is 2.02. The fourth-order valence-electron chi connectivity index (χ4n) is 2.10. The van der Waals surface area contributed by atoms with Crippen molar-refractivity contribution in [3.63, 3.8) is 0 Å². The number of nitrogens with one attached hydrogen (secondary N) is 1. The number of rotatable bonds is 15. The number of esters is 1. The topological polar surface area (TPSA) is 148 Å². The van der Waals surface area contributed by atoms with Crippen molar-refractivity contribution < 1.29 is 43.6 Å². The van der Waals surface area contributed by atoms with Gasteiger partial charge in [0, 0.05) is 0 Å². The summed E-state index contributed by atoms with van der Waals surface area (Å²) in [5.74, 6) is -3.37. The van der Waals surface area contributed by atoms with Crippen LogP contribution in [0.5, 0.6) is 0 Å². The van der Waals surface area contributed by atoms with Gasteiger partial charge in [-0.3, -0.25) is 19.2 Å². The van der Waals surface area contributed by atoms with Gasteiger partial charge in [0.1, 0.15) is 13.0 Å². The lowest BCUT2D eigenvalue weighted by molar-refractivity contribution is -0.148. The summed E-state index contributed by atoms with van der Waals surface area (Å²) in [4.78, 5) is 44.8. The Morgan fingerprint density at radius 1 is 0.897 bits per heavy atom. The highest BCUT2D eigenvalue weighted by Gasteiger charge is 2.17. The second kappa shape index (κ2) is 14.1. The number of carbonyl (C=O) groups is 4. The number of carbonyl (C=O) groups excluding carboxylic acids is 2. The number of benzene rings is 1. The number of hydrogen-bond donors (Lipinski definition) is 3. The van der Waals surface area contributed by atoms with Crippen molar-refractivity contribution in [3.8, 4) is 0 Å². The maximum absolute atomic E-state index is 12.0. The molecule has 0 heterocycles. The standard InChI is InChI=1S/C19H25NO9/c21-16(10-19(26)29-11-14-4-2-1-3-5-14)20-15(12-27-8-6-17(22)23)13-28-9-7-18(24)25/h1-5,15H,6-13H2,(H,20,21)(H,22,23)(H,24,25). The van der Waals surface area contributed by atoms with Crippen LogP contribution >= 0.6 is 0 Å². The molecular weight excluding hydrogens is 386 g/mol. The van der Waals surface area contributed by atoms with Crippen molar-refractivity contribution in [1.82, 2.24) is 5.32 Å². The summed E-state index contributed by atoms with van der Waals surface area (Å²) in [6.45, 7) is -0.171. The Hall–Kier alpha value is -2.98. The molecule has 160 valence electrons. The molecule has 0 spiro atoms. The highest BCUT2D eigenvalue weighted by molar-refractivity contribution is 5.94. The summed E-state index contributed by atoms with van der Waals surface area (Å²) in [6.07, 6.45) is -0.910. The minimum atomic E-state index is -1.02. The van der Waals surface area contributed by atoms with Gasteiger partial charge in [-0.25, -0.2) is 0 Å². The SMILES string of the molecule is O=C(O)CCOCC(COCCC(=O)O)NC(=O)CC(=O)OCc1ccccc1. The molecular formula is C19H25NO9. The van der Waals surface area contributed by atoms with E-state index in [-0.39, 0.29) is 45.9 Å². The zero-order valence-electron chi connectivity index (χ0n) is 15.9. The number of ether oxygens (including phenoxy) is 3. The first kappa shape index (κ1) is 24.1. The van der Waals surface area contributed by atoms with Crippen LogP contribution in [-0.4, -0.2) is 66.5 Å². The Kier molecular flexibility index (Phi) is 11.7. The van der Waals surface area contributed by atoms with Crippen molar-refractivity contribution in [2.75, 3.05) is 26.4 Å². The number of amides is 1. The molecule has 10 nitrogen and oxygen atoms in total. The van der Waals surface area contributed by atoms with Gasteiger partial charge in [-0.05, 0) is 5.56 Å². The molecule has 0 aliphatic carbocycles. The van der Waals surface area contributed by atoms with E-state index in [0.717, 1.165) is 5.56 Å². The minimum Gasteiger partial charge on any atom is -0.481 e. The summed E-state index contributed by atoms with van der Waals surface area (Å²) >= 11 is 0. The molecule has 3 N–H and O–H groups in total. The van der Waals surface area contributed by atoms with Crippen molar-refractivity contribution in [1.29, 1.82) is 0 Å². The van der Waals surface area contributed by atoms with Crippen LogP contribution in [0.15, 0.2) is 30.3 Å². The summed E-state index contributed by atoms with van der Waals surface area (Å²) in [7, 11) is 0. The zero-order valence-corrected chi connectivity index (χ0v) is 15.9. The first-order chi connectivity index (χ1) is 13.9. The zero-order chi connectivity index (χ0) is 21.5. The van der Waals surface area contributed by atoms with Crippen LogP contribution < -0.4 is 5.32 Å². The van der Waals surface area contributed by atoms with Gasteiger partial charge in [0.25, 0.3) is 0 Å². The van der Waals surface area contributed by atoms with E-state index in [1.807, 2.05) is 6.07 Å². The number of aliphatic carboxylic acids is 2. The van der Waals surface area contributed by atoms with Crippen molar-refractivity contribution in [2.24, 2.45) is 0 Å². The van der Waals surface area contributed by atoms with Crippen LogP contribution in [-0.2, 0) is 40.0 Å². The molecule has 0 atom stereocenters. The van der Waals surface area contributed by atoms with E-state index in [9.17, 15) is 19.2 Å². The van der Waals surface area contributed by atoms with Gasteiger partial charge in [-0.2, -0.15) is 0 Å². The molecule has 0 unspecified atom stereocenters. The predicted octanol–water partition coefficient (Wildman–Crippen LogP) is 0.587. The van der Waals surface area contributed by atoms with Crippen LogP contribution in [0.2, 0.25) is 0 Å². The minimum absolute atomic E-state index is 0.0486. The molecule has 0 fully saturated rings. The molecule has 0 saturated heterocycles. The summed E-state index contributed by atoms with van der Waals surface area (Å²) < 4.78 is 15.4. The molecule has 0 aliphatic heterocycles. The van der Waals surface area contributed by atoms with Crippen LogP contribution in [0.25, 0.3) is 0 Å². The van der Waals surface area contributed by atoms with E-state index in [0.29, 0.717) is 0 Å². The lowest BCUT2D eigenvalue weighted by atomic mass is 10.2. The van der Waals surface area contributed by atoms with Gasteiger partial charge >= 0.3 is 17.9 Å². The Labute approximate surface area is 167 Å². The normalized spacial score (nSPS) is 10.5. The Morgan fingerprint density at radius 2 is 1.45 bits per heavy atom. The number of hydrogen-bond acceptors (Lipinski definition) is 7. The lowest BCUT2D eigenvalue weighted by Gasteiger charge is -2.18. The molecule has 29 heavy (non-hydrogen) atoms. The van der Waals surface area contributed by atoms with Crippen LogP contribution in [0.1, 0.15) is 24.8 Å². The molecule has 1 aromatic rings. The molecule has 10 heteroatoms. The van der Waals surface area contributed by atoms with E-state index < -0.39 is 36.3 Å². The second-order valence-electron chi connectivity index (χ2n) is 6.02. The average Bonchev–Trinajstić information content (AvgIpc) is 2.67. The lowest BCUT2D eigenvalue weighted by Crippen LogP contribution is -2.42. The maximum atomic E-state index is 12.0. The van der Waals surface area contributed by atoms with E-state index in [1.54, 1.807) is 24.3 Å². The quantitative estimate of drug-likeness (QED) is 0.214. The van der Waals surface area contributed by atoms with Crippen LogP contribution in [0, 0.1) is 0 Å². The summed E-state index contributed by atoms with van der Waals surface area (Å²) in [5, 5.41) is 19.7. The van der Waals surface area contributed by atoms with E-state index in [2.05, 4.69) is 5.32 Å². The van der Waals surface area contributed by atoms with Gasteiger partial charge in [-0.15, -0.1) is 0 Å². The van der Waals surface area contributed by atoms with Crippen molar-refractivity contribution in [3.05, 3.63) is 35.9 Å². The average molecular weight is 411 g/mol. The summed E-state index contributed by atoms with van der Waals surface area (Å²) in [5.41, 5.74) is 0.790. The first-order valence-corrected chi connectivity index (χ1v) is 8.94. The van der Waals surface area contributed by atoms with E-state index in [1.165, 1.54) is 0 Å². The first-order valence-electron chi connectivity index (χ1n) is 8.94. The van der Waals surface area contributed by atoms with Gasteiger partial charge in [-0.1, -0.05) is 30.3 Å². The molecule has 0 radical (unpaired) electrons. The fraction of sp³-hybridized carbons (Fsp3) is 0.474.